The molecule has 5 rings (SSSR count). The zero-order valence-electron chi connectivity index (χ0n) is 25.3. The number of rotatable bonds is 3. The number of carbonyl (C=O) groups excluding carboxylic acids is 4. The summed E-state index contributed by atoms with van der Waals surface area (Å²) in [4.78, 5) is 51.8. The lowest BCUT2D eigenvalue weighted by Gasteiger charge is -2.23. The minimum atomic E-state index is -0.942. The van der Waals surface area contributed by atoms with E-state index in [9.17, 15) is 23.6 Å². The molecule has 1 aromatic heterocycles. The average molecular weight is 634 g/mol. The number of cyclic esters (lactones) is 2. The van der Waals surface area contributed by atoms with Crippen LogP contribution in [0.1, 0.15) is 41.5 Å². The van der Waals surface area contributed by atoms with Crippen molar-refractivity contribution in [3.8, 4) is 22.5 Å². The lowest BCUT2D eigenvalue weighted by Crippen LogP contribution is -2.40. The average Bonchev–Trinajstić information content (AvgIpc) is 3.37. The second-order valence-corrected chi connectivity index (χ2v) is 11.4. The van der Waals surface area contributed by atoms with Crippen molar-refractivity contribution >= 4 is 46.3 Å². The molecule has 1 aliphatic rings. The number of nitrogens with two attached hydrogens (primary N) is 2. The van der Waals surface area contributed by atoms with Crippen molar-refractivity contribution in [2.45, 2.75) is 26.3 Å². The van der Waals surface area contributed by atoms with E-state index in [2.05, 4.69) is 10.6 Å². The maximum absolute atomic E-state index is 13.7. The van der Waals surface area contributed by atoms with Crippen molar-refractivity contribution in [3.63, 3.8) is 0 Å². The molecule has 14 heteroatoms. The summed E-state index contributed by atoms with van der Waals surface area (Å²) in [5, 5.41) is 6.48. The SMILES string of the molecule is CC(C)(C)NC(=O)c1cc2cc(c1)-c1cc3c(C(N)=O)c(-c4ccc(F)cc4)oc3cc1N(N)C(=O)OCCOCCOC(=O)N2. The molecule has 2 heterocycles. The van der Waals surface area contributed by atoms with Crippen LogP contribution in [0.3, 0.4) is 0 Å². The van der Waals surface area contributed by atoms with Crippen molar-refractivity contribution < 1.29 is 42.2 Å². The number of amides is 4. The number of fused-ring (bicyclic) bond motifs is 5. The maximum atomic E-state index is 13.7. The molecule has 0 fully saturated rings. The van der Waals surface area contributed by atoms with Crippen LogP contribution in [0.5, 0.6) is 0 Å². The van der Waals surface area contributed by atoms with Gasteiger partial charge in [0.15, 0.2) is 0 Å². The molecule has 0 unspecified atom stereocenters. The van der Waals surface area contributed by atoms with Crippen molar-refractivity contribution in [2.24, 2.45) is 11.6 Å². The molecule has 3 aromatic carbocycles. The van der Waals surface area contributed by atoms with Crippen LogP contribution in [0.4, 0.5) is 25.4 Å². The highest BCUT2D eigenvalue weighted by atomic mass is 19.1. The van der Waals surface area contributed by atoms with Gasteiger partial charge in [-0.25, -0.2) is 24.8 Å². The lowest BCUT2D eigenvalue weighted by atomic mass is 9.96. The second-order valence-electron chi connectivity index (χ2n) is 11.4. The van der Waals surface area contributed by atoms with Crippen LogP contribution < -0.4 is 27.2 Å². The fourth-order valence-electron chi connectivity index (χ4n) is 4.82. The highest BCUT2D eigenvalue weighted by Crippen LogP contribution is 2.41. The number of furan rings is 1. The lowest BCUT2D eigenvalue weighted by molar-refractivity contribution is 0.0498. The molecule has 4 aromatic rings. The summed E-state index contributed by atoms with van der Waals surface area (Å²) in [7, 11) is 0. The van der Waals surface area contributed by atoms with Crippen molar-refractivity contribution in [2.75, 3.05) is 36.8 Å². The van der Waals surface area contributed by atoms with Gasteiger partial charge in [0.1, 0.15) is 30.4 Å². The third-order valence-electron chi connectivity index (χ3n) is 6.77. The third-order valence-corrected chi connectivity index (χ3v) is 6.77. The van der Waals surface area contributed by atoms with E-state index in [4.69, 9.17) is 30.2 Å². The van der Waals surface area contributed by atoms with Crippen molar-refractivity contribution in [1.29, 1.82) is 0 Å². The Labute approximate surface area is 262 Å². The van der Waals surface area contributed by atoms with Crippen molar-refractivity contribution in [3.05, 3.63) is 71.5 Å². The van der Waals surface area contributed by atoms with Crippen molar-refractivity contribution in [1.82, 2.24) is 5.32 Å². The molecule has 2 bridgehead atoms. The van der Waals surface area contributed by atoms with Gasteiger partial charge < -0.3 is 29.7 Å². The molecule has 0 aliphatic carbocycles. The first-order valence-corrected chi connectivity index (χ1v) is 14.2. The fourth-order valence-corrected chi connectivity index (χ4v) is 4.82. The largest absolute Gasteiger partial charge is 0.455 e. The first-order chi connectivity index (χ1) is 21.8. The van der Waals surface area contributed by atoms with Crippen LogP contribution in [-0.4, -0.2) is 56.0 Å². The zero-order valence-corrected chi connectivity index (χ0v) is 25.3. The Kier molecular flexibility index (Phi) is 8.94. The Morgan fingerprint density at radius 1 is 0.935 bits per heavy atom. The van der Waals surface area contributed by atoms with Gasteiger partial charge in [0, 0.05) is 39.4 Å². The number of hydrogen-bond donors (Lipinski definition) is 4. The number of hydrazine groups is 1. The minimum absolute atomic E-state index is 0.00291. The van der Waals surface area contributed by atoms with Gasteiger partial charge in [0.05, 0.1) is 24.5 Å². The van der Waals surface area contributed by atoms with Crippen LogP contribution in [-0.2, 0) is 14.2 Å². The monoisotopic (exact) mass is 633 g/mol. The molecule has 0 saturated carbocycles. The number of hydrogen-bond acceptors (Lipinski definition) is 9. The molecule has 240 valence electrons. The first kappa shape index (κ1) is 31.9. The number of nitrogens with one attached hydrogen (secondary N) is 2. The predicted molar refractivity (Wildman–Crippen MR) is 167 cm³/mol. The van der Waals surface area contributed by atoms with E-state index < -0.39 is 35.4 Å². The quantitative estimate of drug-likeness (QED) is 0.179. The Morgan fingerprint density at radius 2 is 1.63 bits per heavy atom. The Morgan fingerprint density at radius 3 is 2.30 bits per heavy atom. The Bertz CT molecular complexity index is 1830. The van der Waals surface area contributed by atoms with E-state index >= 15 is 0 Å². The van der Waals surface area contributed by atoms with E-state index in [1.165, 1.54) is 54.6 Å². The molecular formula is C32H32FN5O8. The molecule has 13 nitrogen and oxygen atoms in total. The first-order valence-electron chi connectivity index (χ1n) is 14.2. The van der Waals surface area contributed by atoms with Gasteiger partial charge in [-0.2, -0.15) is 0 Å². The number of nitrogens with zero attached hydrogens (tertiary/aromatic N) is 1. The van der Waals surface area contributed by atoms with Gasteiger partial charge in [-0.05, 0) is 74.9 Å². The fraction of sp³-hybridized carbons (Fsp3) is 0.250. The maximum Gasteiger partial charge on any atom is 0.428 e. The smallest absolute Gasteiger partial charge is 0.428 e. The summed E-state index contributed by atoms with van der Waals surface area (Å²) in [5.41, 5.74) is 6.64. The zero-order chi connectivity index (χ0) is 33.2. The van der Waals surface area contributed by atoms with Crippen LogP contribution in [0.25, 0.3) is 33.4 Å². The van der Waals surface area contributed by atoms with Crippen LogP contribution in [0, 0.1) is 5.82 Å². The molecule has 0 spiro atoms. The summed E-state index contributed by atoms with van der Waals surface area (Å²) in [6.45, 7) is 5.22. The minimum Gasteiger partial charge on any atom is -0.455 e. The molecule has 6 N–H and O–H groups in total. The van der Waals surface area contributed by atoms with E-state index in [0.29, 0.717) is 11.1 Å². The number of carbonyl (C=O) groups is 4. The van der Waals surface area contributed by atoms with Gasteiger partial charge in [0.2, 0.25) is 0 Å². The number of halogens is 1. The van der Waals surface area contributed by atoms with E-state index in [1.54, 1.807) is 0 Å². The summed E-state index contributed by atoms with van der Waals surface area (Å²) >= 11 is 0. The van der Waals surface area contributed by atoms with Gasteiger partial charge in [0.25, 0.3) is 11.8 Å². The highest BCUT2D eigenvalue weighted by Gasteiger charge is 2.27. The Hall–Kier alpha value is -5.47. The Balaban J connectivity index is 1.78. The topological polar surface area (TPSA) is 188 Å². The summed E-state index contributed by atoms with van der Waals surface area (Å²) in [6.07, 6.45) is -1.74. The summed E-state index contributed by atoms with van der Waals surface area (Å²) in [5.74, 6) is 4.58. The van der Waals surface area contributed by atoms with Crippen LogP contribution in [0.15, 0.2) is 59.0 Å². The third kappa shape index (κ3) is 7.08. The second kappa shape index (κ2) is 12.9. The number of primary amides is 1. The highest BCUT2D eigenvalue weighted by molar-refractivity contribution is 6.13. The van der Waals surface area contributed by atoms with E-state index in [-0.39, 0.29) is 71.2 Å². The number of benzene rings is 3. The van der Waals surface area contributed by atoms with Gasteiger partial charge in [-0.1, -0.05) is 0 Å². The molecule has 46 heavy (non-hydrogen) atoms. The van der Waals surface area contributed by atoms with Gasteiger partial charge in [-0.15, -0.1) is 0 Å². The molecule has 1 aliphatic heterocycles. The summed E-state index contributed by atoms with van der Waals surface area (Å²) < 4.78 is 35.5. The number of anilines is 2. The van der Waals surface area contributed by atoms with Gasteiger partial charge >= 0.3 is 12.2 Å². The molecule has 0 atom stereocenters. The summed E-state index contributed by atoms with van der Waals surface area (Å²) in [6, 6.07) is 12.7. The standard InChI is InChI=1S/C32H32FN5O8/c1-32(2,3)37-29(40)19-12-18-13-21(14-19)36-30(41)44-10-8-43-9-11-45-31(42)38(35)24-16-25-23(15-22(18)24)26(28(34)39)27(46-25)17-4-6-20(33)7-5-17/h4-7,12-16H,8-11,35H2,1-3H3,(H2,34,39)(H,36,41)(H,37,40). The van der Waals surface area contributed by atoms with Crippen LogP contribution in [0.2, 0.25) is 0 Å². The molecule has 4 amide bonds. The molecule has 0 saturated heterocycles. The molecule has 0 radical (unpaired) electrons. The van der Waals surface area contributed by atoms with Gasteiger partial charge in [-0.3, -0.25) is 14.9 Å². The van der Waals surface area contributed by atoms with Crippen LogP contribution >= 0.6 is 0 Å². The van der Waals surface area contributed by atoms with E-state index in [0.717, 1.165) is 5.01 Å². The number of ether oxygens (including phenoxy) is 3. The predicted octanol–water partition coefficient (Wildman–Crippen LogP) is 4.93. The van der Waals surface area contributed by atoms with E-state index in [1.807, 2.05) is 20.8 Å². The normalized spacial score (nSPS) is 14.6. The molecular weight excluding hydrogens is 601 g/mol.